The maximum absolute atomic E-state index is 9.60. The molecule has 1 aromatic heterocycles. The van der Waals surface area contributed by atoms with E-state index in [4.69, 9.17) is 0 Å². The standard InChI is InChI=1S/C16H23N3O/c20-14-9-11-19(12-14)16-8-10-17-15(18-16)7-6-13-4-2-1-3-5-13/h6-8,10,13-14,20H,1-5,9,11-12H2/b7-6+/t14-/m1/s1. The molecule has 1 saturated carbocycles. The van der Waals surface area contributed by atoms with Gasteiger partial charge in [-0.3, -0.25) is 0 Å². The van der Waals surface area contributed by atoms with Crippen molar-refractivity contribution in [2.75, 3.05) is 18.0 Å². The van der Waals surface area contributed by atoms with Crippen LogP contribution in [0, 0.1) is 5.92 Å². The first-order valence-electron chi connectivity index (χ1n) is 7.75. The van der Waals surface area contributed by atoms with Crippen molar-refractivity contribution in [1.82, 2.24) is 9.97 Å². The van der Waals surface area contributed by atoms with Crippen molar-refractivity contribution in [1.29, 1.82) is 0 Å². The summed E-state index contributed by atoms with van der Waals surface area (Å²) in [4.78, 5) is 11.0. The highest BCUT2D eigenvalue weighted by Gasteiger charge is 2.21. The molecule has 0 amide bonds. The summed E-state index contributed by atoms with van der Waals surface area (Å²) in [6, 6.07) is 1.93. The molecule has 0 aromatic carbocycles. The molecular formula is C16H23N3O. The number of hydrogen-bond acceptors (Lipinski definition) is 4. The molecule has 20 heavy (non-hydrogen) atoms. The molecule has 2 fully saturated rings. The summed E-state index contributed by atoms with van der Waals surface area (Å²) in [6.45, 7) is 1.56. The molecule has 2 heterocycles. The van der Waals surface area contributed by atoms with Gasteiger partial charge in [-0.15, -0.1) is 0 Å². The molecule has 0 radical (unpaired) electrons. The highest BCUT2D eigenvalue weighted by atomic mass is 16.3. The Labute approximate surface area is 120 Å². The monoisotopic (exact) mass is 273 g/mol. The molecule has 108 valence electrons. The van der Waals surface area contributed by atoms with Gasteiger partial charge in [0.25, 0.3) is 0 Å². The van der Waals surface area contributed by atoms with E-state index in [2.05, 4.69) is 27.0 Å². The minimum Gasteiger partial charge on any atom is -0.391 e. The topological polar surface area (TPSA) is 49.2 Å². The van der Waals surface area contributed by atoms with E-state index in [1.54, 1.807) is 0 Å². The number of allylic oxidation sites excluding steroid dienone is 1. The Morgan fingerprint density at radius 1 is 1.20 bits per heavy atom. The zero-order valence-electron chi connectivity index (χ0n) is 11.9. The summed E-state index contributed by atoms with van der Waals surface area (Å²) in [5.74, 6) is 2.42. The van der Waals surface area contributed by atoms with Crippen molar-refractivity contribution >= 4 is 11.9 Å². The number of hydrogen-bond donors (Lipinski definition) is 1. The van der Waals surface area contributed by atoms with Gasteiger partial charge in [-0.1, -0.05) is 25.3 Å². The summed E-state index contributed by atoms with van der Waals surface area (Å²) in [5.41, 5.74) is 0. The van der Waals surface area contributed by atoms with Gasteiger partial charge in [-0.25, -0.2) is 9.97 Å². The molecule has 1 aliphatic heterocycles. The van der Waals surface area contributed by atoms with Crippen LogP contribution in [0.3, 0.4) is 0 Å². The molecular weight excluding hydrogens is 250 g/mol. The minimum absolute atomic E-state index is 0.216. The lowest BCUT2D eigenvalue weighted by Gasteiger charge is -2.18. The van der Waals surface area contributed by atoms with Crippen LogP contribution in [0.15, 0.2) is 18.3 Å². The lowest BCUT2D eigenvalue weighted by molar-refractivity contribution is 0.198. The van der Waals surface area contributed by atoms with Crippen molar-refractivity contribution < 1.29 is 5.11 Å². The highest BCUT2D eigenvalue weighted by Crippen LogP contribution is 2.25. The van der Waals surface area contributed by atoms with Crippen molar-refractivity contribution in [3.05, 3.63) is 24.2 Å². The van der Waals surface area contributed by atoms with Crippen LogP contribution < -0.4 is 4.90 Å². The third-order valence-corrected chi connectivity index (χ3v) is 4.31. The van der Waals surface area contributed by atoms with Crippen LogP contribution in [0.5, 0.6) is 0 Å². The van der Waals surface area contributed by atoms with Crippen molar-refractivity contribution in [2.24, 2.45) is 5.92 Å². The first-order chi connectivity index (χ1) is 9.81. The lowest BCUT2D eigenvalue weighted by Crippen LogP contribution is -2.22. The van der Waals surface area contributed by atoms with Gasteiger partial charge in [-0.05, 0) is 37.3 Å². The van der Waals surface area contributed by atoms with Gasteiger partial charge >= 0.3 is 0 Å². The van der Waals surface area contributed by atoms with Gasteiger partial charge in [0, 0.05) is 19.3 Å². The minimum atomic E-state index is -0.216. The largest absolute Gasteiger partial charge is 0.391 e. The molecule has 0 unspecified atom stereocenters. The van der Waals surface area contributed by atoms with E-state index in [9.17, 15) is 5.11 Å². The van der Waals surface area contributed by atoms with Gasteiger partial charge in [0.1, 0.15) is 5.82 Å². The number of β-amino-alcohol motifs (C(OH)–C–C–N with tert-alkyl or cyclic N) is 1. The second-order valence-electron chi connectivity index (χ2n) is 5.92. The third kappa shape index (κ3) is 3.37. The van der Waals surface area contributed by atoms with Crippen LogP contribution in [-0.4, -0.2) is 34.3 Å². The first kappa shape index (κ1) is 13.6. The Bertz CT molecular complexity index is 469. The number of aromatic nitrogens is 2. The lowest BCUT2D eigenvalue weighted by atomic mass is 9.89. The third-order valence-electron chi connectivity index (χ3n) is 4.31. The maximum atomic E-state index is 9.60. The molecule has 1 aliphatic carbocycles. The van der Waals surface area contributed by atoms with E-state index < -0.39 is 0 Å². The van der Waals surface area contributed by atoms with Gasteiger partial charge in [0.15, 0.2) is 5.82 Å². The normalized spacial score (nSPS) is 24.6. The van der Waals surface area contributed by atoms with E-state index >= 15 is 0 Å². The fourth-order valence-corrected chi connectivity index (χ4v) is 3.12. The van der Waals surface area contributed by atoms with E-state index in [1.807, 2.05) is 12.3 Å². The quantitative estimate of drug-likeness (QED) is 0.920. The Balaban J connectivity index is 1.66. The van der Waals surface area contributed by atoms with Crippen LogP contribution in [-0.2, 0) is 0 Å². The molecule has 1 atom stereocenters. The van der Waals surface area contributed by atoms with Crippen molar-refractivity contribution in [2.45, 2.75) is 44.6 Å². The molecule has 3 rings (SSSR count). The number of aliphatic hydroxyl groups excluding tert-OH is 1. The Hall–Kier alpha value is -1.42. The van der Waals surface area contributed by atoms with Crippen LogP contribution in [0.25, 0.3) is 6.08 Å². The van der Waals surface area contributed by atoms with Crippen LogP contribution in [0.4, 0.5) is 5.82 Å². The zero-order valence-corrected chi connectivity index (χ0v) is 11.9. The van der Waals surface area contributed by atoms with E-state index in [0.29, 0.717) is 12.5 Å². The fourth-order valence-electron chi connectivity index (χ4n) is 3.12. The van der Waals surface area contributed by atoms with E-state index in [1.165, 1.54) is 32.1 Å². The molecule has 1 aromatic rings. The fraction of sp³-hybridized carbons (Fsp3) is 0.625. The maximum Gasteiger partial charge on any atom is 0.153 e. The Morgan fingerprint density at radius 2 is 2.05 bits per heavy atom. The smallest absolute Gasteiger partial charge is 0.153 e. The first-order valence-corrected chi connectivity index (χ1v) is 7.75. The molecule has 1 N–H and O–H groups in total. The Morgan fingerprint density at radius 3 is 2.80 bits per heavy atom. The SMILES string of the molecule is O[C@@H]1CCN(c2ccnc(/C=C/C3CCCCC3)n2)C1. The van der Waals surface area contributed by atoms with Crippen molar-refractivity contribution in [3.63, 3.8) is 0 Å². The average Bonchev–Trinajstić information content (AvgIpc) is 2.93. The van der Waals surface area contributed by atoms with Crippen LogP contribution in [0.1, 0.15) is 44.3 Å². The zero-order chi connectivity index (χ0) is 13.8. The summed E-state index contributed by atoms with van der Waals surface area (Å²) >= 11 is 0. The molecule has 2 aliphatic rings. The summed E-state index contributed by atoms with van der Waals surface area (Å²) in [5, 5.41) is 9.60. The number of rotatable bonds is 3. The second kappa shape index (κ2) is 6.35. The van der Waals surface area contributed by atoms with E-state index in [-0.39, 0.29) is 6.10 Å². The van der Waals surface area contributed by atoms with Crippen molar-refractivity contribution in [3.8, 4) is 0 Å². The summed E-state index contributed by atoms with van der Waals surface area (Å²) < 4.78 is 0. The molecule has 4 nitrogen and oxygen atoms in total. The summed E-state index contributed by atoms with van der Waals surface area (Å²) in [7, 11) is 0. The second-order valence-corrected chi connectivity index (χ2v) is 5.92. The average molecular weight is 273 g/mol. The predicted octanol–water partition coefficient (Wildman–Crippen LogP) is 2.64. The van der Waals surface area contributed by atoms with E-state index in [0.717, 1.165) is 24.6 Å². The van der Waals surface area contributed by atoms with Crippen LogP contribution in [0.2, 0.25) is 0 Å². The number of anilines is 1. The van der Waals surface area contributed by atoms with Crippen LogP contribution >= 0.6 is 0 Å². The molecule has 0 bridgehead atoms. The van der Waals surface area contributed by atoms with Gasteiger partial charge < -0.3 is 10.0 Å². The number of nitrogens with zero attached hydrogens (tertiary/aromatic N) is 3. The van der Waals surface area contributed by atoms with Gasteiger partial charge in [0.2, 0.25) is 0 Å². The van der Waals surface area contributed by atoms with Gasteiger partial charge in [0.05, 0.1) is 6.10 Å². The van der Waals surface area contributed by atoms with Gasteiger partial charge in [-0.2, -0.15) is 0 Å². The molecule has 0 spiro atoms. The highest BCUT2D eigenvalue weighted by molar-refractivity contribution is 5.46. The molecule has 4 heteroatoms. The number of aliphatic hydroxyl groups is 1. The Kier molecular flexibility index (Phi) is 4.31. The summed E-state index contributed by atoms with van der Waals surface area (Å²) in [6.07, 6.45) is 13.4. The predicted molar refractivity (Wildman–Crippen MR) is 80.5 cm³/mol. The molecule has 1 saturated heterocycles.